The van der Waals surface area contributed by atoms with E-state index < -0.39 is 18.3 Å². The third-order valence-electron chi connectivity index (χ3n) is 4.46. The van der Waals surface area contributed by atoms with E-state index in [1.807, 2.05) is 40.7 Å². The van der Waals surface area contributed by atoms with Crippen LogP contribution in [0.25, 0.3) is 5.69 Å². The van der Waals surface area contributed by atoms with E-state index in [1.165, 1.54) is 10.7 Å². The van der Waals surface area contributed by atoms with Crippen molar-refractivity contribution in [2.45, 2.75) is 45.8 Å². The van der Waals surface area contributed by atoms with Crippen molar-refractivity contribution in [2.75, 3.05) is 0 Å². The number of benzene rings is 1. The minimum absolute atomic E-state index is 0.352. The molecular formula is C16H20BFN2O2. The Morgan fingerprint density at radius 1 is 1.14 bits per heavy atom. The van der Waals surface area contributed by atoms with Crippen molar-refractivity contribution in [1.29, 1.82) is 0 Å². The van der Waals surface area contributed by atoms with Gasteiger partial charge in [-0.3, -0.25) is 0 Å². The fraction of sp³-hybridized carbons (Fsp3) is 0.438. The summed E-state index contributed by atoms with van der Waals surface area (Å²) >= 11 is 0. The molecule has 22 heavy (non-hydrogen) atoms. The van der Waals surface area contributed by atoms with E-state index in [0.29, 0.717) is 11.2 Å². The lowest BCUT2D eigenvalue weighted by atomic mass is 9.79. The SMILES string of the molecule is Cc1cnn(-c2ccc(B3OC(C)(C)C(C)(C)O3)cc2F)c1. The zero-order chi connectivity index (χ0) is 16.1. The molecule has 0 aliphatic carbocycles. The van der Waals surface area contributed by atoms with Crippen LogP contribution in [0.5, 0.6) is 0 Å². The largest absolute Gasteiger partial charge is 0.494 e. The lowest BCUT2D eigenvalue weighted by Crippen LogP contribution is -2.41. The van der Waals surface area contributed by atoms with E-state index in [1.54, 1.807) is 18.5 Å². The molecular weight excluding hydrogens is 282 g/mol. The maximum absolute atomic E-state index is 14.4. The predicted molar refractivity (Wildman–Crippen MR) is 84.0 cm³/mol. The van der Waals surface area contributed by atoms with Gasteiger partial charge in [-0.15, -0.1) is 0 Å². The summed E-state index contributed by atoms with van der Waals surface area (Å²) in [6, 6.07) is 4.97. The summed E-state index contributed by atoms with van der Waals surface area (Å²) in [5, 5.41) is 4.13. The number of aromatic nitrogens is 2. The second-order valence-corrected chi connectivity index (χ2v) is 6.76. The highest BCUT2D eigenvalue weighted by atomic mass is 19.1. The van der Waals surface area contributed by atoms with E-state index in [2.05, 4.69) is 5.10 Å². The van der Waals surface area contributed by atoms with Gasteiger partial charge < -0.3 is 9.31 Å². The van der Waals surface area contributed by atoms with Crippen LogP contribution >= 0.6 is 0 Å². The van der Waals surface area contributed by atoms with Gasteiger partial charge in [-0.2, -0.15) is 5.10 Å². The minimum atomic E-state index is -0.562. The van der Waals surface area contributed by atoms with Crippen LogP contribution in [-0.4, -0.2) is 28.1 Å². The Morgan fingerprint density at radius 2 is 1.77 bits per heavy atom. The Kier molecular flexibility index (Phi) is 3.42. The predicted octanol–water partition coefficient (Wildman–Crippen LogP) is 2.62. The first-order valence-electron chi connectivity index (χ1n) is 7.36. The maximum Gasteiger partial charge on any atom is 0.494 e. The van der Waals surface area contributed by atoms with Gasteiger partial charge in [0.2, 0.25) is 0 Å². The van der Waals surface area contributed by atoms with Crippen molar-refractivity contribution in [2.24, 2.45) is 0 Å². The zero-order valence-corrected chi connectivity index (χ0v) is 13.6. The summed E-state index contributed by atoms with van der Waals surface area (Å²) < 4.78 is 27.8. The van der Waals surface area contributed by atoms with Crippen LogP contribution < -0.4 is 5.46 Å². The van der Waals surface area contributed by atoms with Gasteiger partial charge in [0.25, 0.3) is 0 Å². The molecule has 3 rings (SSSR count). The van der Waals surface area contributed by atoms with Gasteiger partial charge in [0.05, 0.1) is 17.4 Å². The van der Waals surface area contributed by atoms with Crippen LogP contribution in [0.15, 0.2) is 30.6 Å². The second-order valence-electron chi connectivity index (χ2n) is 6.76. The smallest absolute Gasteiger partial charge is 0.399 e. The number of halogens is 1. The van der Waals surface area contributed by atoms with Crippen LogP contribution in [0.3, 0.4) is 0 Å². The monoisotopic (exact) mass is 302 g/mol. The molecule has 1 aliphatic heterocycles. The van der Waals surface area contributed by atoms with Crippen molar-refractivity contribution in [3.8, 4) is 5.69 Å². The fourth-order valence-corrected chi connectivity index (χ4v) is 2.38. The molecule has 0 radical (unpaired) electrons. The molecule has 1 saturated heterocycles. The van der Waals surface area contributed by atoms with Crippen LogP contribution in [-0.2, 0) is 9.31 Å². The zero-order valence-electron chi connectivity index (χ0n) is 13.6. The van der Waals surface area contributed by atoms with E-state index in [4.69, 9.17) is 9.31 Å². The Bertz CT molecular complexity index is 696. The molecule has 0 unspecified atom stereocenters. The van der Waals surface area contributed by atoms with Crippen LogP contribution in [0.2, 0.25) is 0 Å². The van der Waals surface area contributed by atoms with E-state index in [0.717, 1.165) is 5.56 Å². The number of rotatable bonds is 2. The van der Waals surface area contributed by atoms with Crippen LogP contribution in [0.4, 0.5) is 4.39 Å². The number of hydrogen-bond donors (Lipinski definition) is 0. The van der Waals surface area contributed by atoms with Gasteiger partial charge in [-0.25, -0.2) is 9.07 Å². The molecule has 1 fully saturated rings. The normalized spacial score (nSPS) is 19.6. The first-order chi connectivity index (χ1) is 10.2. The Balaban J connectivity index is 1.90. The van der Waals surface area contributed by atoms with Crippen molar-refractivity contribution in [1.82, 2.24) is 9.78 Å². The highest BCUT2D eigenvalue weighted by Crippen LogP contribution is 2.36. The van der Waals surface area contributed by atoms with E-state index in [9.17, 15) is 4.39 Å². The van der Waals surface area contributed by atoms with Gasteiger partial charge in [-0.1, -0.05) is 6.07 Å². The van der Waals surface area contributed by atoms with Gasteiger partial charge in [0, 0.05) is 6.20 Å². The maximum atomic E-state index is 14.4. The van der Waals surface area contributed by atoms with E-state index >= 15 is 0 Å². The average Bonchev–Trinajstić information content (AvgIpc) is 2.91. The Morgan fingerprint density at radius 3 is 2.27 bits per heavy atom. The molecule has 0 amide bonds. The highest BCUT2D eigenvalue weighted by molar-refractivity contribution is 6.62. The summed E-state index contributed by atoms with van der Waals surface area (Å²) in [7, 11) is -0.562. The summed E-state index contributed by atoms with van der Waals surface area (Å²) in [5.41, 5.74) is 1.18. The number of aryl methyl sites for hydroxylation is 1. The molecule has 1 aromatic heterocycles. The van der Waals surface area contributed by atoms with Gasteiger partial charge >= 0.3 is 7.12 Å². The average molecular weight is 302 g/mol. The van der Waals surface area contributed by atoms with Gasteiger partial charge in [-0.05, 0) is 57.8 Å². The highest BCUT2D eigenvalue weighted by Gasteiger charge is 2.51. The van der Waals surface area contributed by atoms with Crippen molar-refractivity contribution in [3.63, 3.8) is 0 Å². The lowest BCUT2D eigenvalue weighted by molar-refractivity contribution is 0.00578. The lowest BCUT2D eigenvalue weighted by Gasteiger charge is -2.32. The molecule has 2 heterocycles. The first kappa shape index (κ1) is 15.2. The number of nitrogens with zero attached hydrogens (tertiary/aromatic N) is 2. The summed E-state index contributed by atoms with van der Waals surface area (Å²) in [4.78, 5) is 0. The molecule has 116 valence electrons. The topological polar surface area (TPSA) is 36.3 Å². The third-order valence-corrected chi connectivity index (χ3v) is 4.46. The summed E-state index contributed by atoms with van der Waals surface area (Å²) in [6.45, 7) is 9.82. The quantitative estimate of drug-likeness (QED) is 0.800. The molecule has 0 N–H and O–H groups in total. The van der Waals surface area contributed by atoms with Crippen molar-refractivity contribution in [3.05, 3.63) is 42.0 Å². The second kappa shape index (κ2) is 4.93. The number of hydrogen-bond acceptors (Lipinski definition) is 3. The Labute approximate surface area is 130 Å². The molecule has 0 bridgehead atoms. The summed E-state index contributed by atoms with van der Waals surface area (Å²) in [6.07, 6.45) is 3.48. The fourth-order valence-electron chi connectivity index (χ4n) is 2.38. The molecule has 0 spiro atoms. The molecule has 1 aliphatic rings. The molecule has 0 atom stereocenters. The van der Waals surface area contributed by atoms with E-state index in [-0.39, 0.29) is 5.82 Å². The van der Waals surface area contributed by atoms with Gasteiger partial charge in [0.1, 0.15) is 11.5 Å². The molecule has 2 aromatic rings. The third kappa shape index (κ3) is 2.46. The van der Waals surface area contributed by atoms with Crippen LogP contribution in [0.1, 0.15) is 33.3 Å². The minimum Gasteiger partial charge on any atom is -0.399 e. The van der Waals surface area contributed by atoms with Crippen LogP contribution in [0, 0.1) is 12.7 Å². The van der Waals surface area contributed by atoms with Crippen molar-refractivity contribution < 1.29 is 13.7 Å². The standard InChI is InChI=1S/C16H20BFN2O2/c1-11-9-19-20(10-11)14-7-6-12(8-13(14)18)17-21-15(2,3)16(4,5)22-17/h6-10H,1-5H3. The Hall–Kier alpha value is -1.66. The molecule has 0 saturated carbocycles. The summed E-state index contributed by atoms with van der Waals surface area (Å²) in [5.74, 6) is -0.352. The first-order valence-corrected chi connectivity index (χ1v) is 7.36. The van der Waals surface area contributed by atoms with Gasteiger partial charge in [0.15, 0.2) is 0 Å². The molecule has 4 nitrogen and oxygen atoms in total. The molecule has 1 aromatic carbocycles. The molecule has 6 heteroatoms. The van der Waals surface area contributed by atoms with Crippen molar-refractivity contribution >= 4 is 12.6 Å².